The standard InChI is InChI=1S/C24H30N2O2/c1-3-10-19-15-17-20(18-16-19)23(27)13-6-4-5-7-14-24(28)26-22-12-9-8-11-21(22)25-2/h3,8-12,15-18,25H,4-7,13-14H2,1-2H3,(H,26,28)/b10-3+. The molecule has 2 aromatic carbocycles. The van der Waals surface area contributed by atoms with Crippen molar-refractivity contribution in [1.82, 2.24) is 0 Å². The van der Waals surface area contributed by atoms with Crippen molar-refractivity contribution in [2.75, 3.05) is 17.7 Å². The van der Waals surface area contributed by atoms with E-state index in [2.05, 4.69) is 10.6 Å². The second-order valence-electron chi connectivity index (χ2n) is 6.80. The molecule has 0 aliphatic rings. The maximum absolute atomic E-state index is 12.2. The second kappa shape index (κ2) is 11.8. The van der Waals surface area contributed by atoms with Crippen LogP contribution in [0.3, 0.4) is 0 Å². The van der Waals surface area contributed by atoms with Gasteiger partial charge in [0.1, 0.15) is 0 Å². The monoisotopic (exact) mass is 378 g/mol. The second-order valence-corrected chi connectivity index (χ2v) is 6.80. The summed E-state index contributed by atoms with van der Waals surface area (Å²) in [6.07, 6.45) is 8.66. The van der Waals surface area contributed by atoms with Crippen LogP contribution in [0.25, 0.3) is 6.08 Å². The fourth-order valence-electron chi connectivity index (χ4n) is 3.06. The first-order chi connectivity index (χ1) is 13.6. The van der Waals surface area contributed by atoms with Crippen molar-refractivity contribution in [1.29, 1.82) is 0 Å². The number of carbonyl (C=O) groups excluding carboxylic acids is 2. The van der Waals surface area contributed by atoms with Crippen molar-refractivity contribution < 1.29 is 9.59 Å². The molecule has 0 aromatic heterocycles. The molecule has 4 nitrogen and oxygen atoms in total. The molecule has 1 amide bonds. The van der Waals surface area contributed by atoms with Gasteiger partial charge in [0, 0.05) is 25.5 Å². The summed E-state index contributed by atoms with van der Waals surface area (Å²) in [4.78, 5) is 24.3. The molecule has 0 saturated heterocycles. The molecular formula is C24H30N2O2. The quantitative estimate of drug-likeness (QED) is 0.377. The third-order valence-corrected chi connectivity index (χ3v) is 4.62. The van der Waals surface area contributed by atoms with Gasteiger partial charge >= 0.3 is 0 Å². The van der Waals surface area contributed by atoms with Gasteiger partial charge in [-0.05, 0) is 37.5 Å². The number of hydrogen-bond donors (Lipinski definition) is 2. The van der Waals surface area contributed by atoms with Crippen LogP contribution >= 0.6 is 0 Å². The van der Waals surface area contributed by atoms with Crippen molar-refractivity contribution in [2.45, 2.75) is 45.4 Å². The summed E-state index contributed by atoms with van der Waals surface area (Å²) < 4.78 is 0. The predicted molar refractivity (Wildman–Crippen MR) is 118 cm³/mol. The van der Waals surface area contributed by atoms with E-state index in [1.54, 1.807) is 0 Å². The summed E-state index contributed by atoms with van der Waals surface area (Å²) in [7, 11) is 1.84. The van der Waals surface area contributed by atoms with Gasteiger partial charge in [0.25, 0.3) is 0 Å². The first-order valence-electron chi connectivity index (χ1n) is 9.96. The molecule has 0 spiro atoms. The highest BCUT2D eigenvalue weighted by Gasteiger charge is 2.07. The summed E-state index contributed by atoms with van der Waals surface area (Å²) in [5.41, 5.74) is 3.60. The Morgan fingerprint density at radius 3 is 2.14 bits per heavy atom. The average molecular weight is 379 g/mol. The number of nitrogens with one attached hydrogen (secondary N) is 2. The topological polar surface area (TPSA) is 58.2 Å². The van der Waals surface area contributed by atoms with Gasteiger partial charge in [0.05, 0.1) is 11.4 Å². The summed E-state index contributed by atoms with van der Waals surface area (Å²) in [6.45, 7) is 1.98. The number of para-hydroxylation sites is 2. The van der Waals surface area contributed by atoms with E-state index in [9.17, 15) is 9.59 Å². The van der Waals surface area contributed by atoms with Crippen molar-refractivity contribution in [3.63, 3.8) is 0 Å². The Morgan fingerprint density at radius 1 is 0.857 bits per heavy atom. The van der Waals surface area contributed by atoms with Crippen LogP contribution in [0.1, 0.15) is 61.4 Å². The Labute approximate surface area is 168 Å². The molecule has 0 heterocycles. The van der Waals surface area contributed by atoms with E-state index < -0.39 is 0 Å². The molecule has 2 rings (SSSR count). The summed E-state index contributed by atoms with van der Waals surface area (Å²) in [5.74, 6) is 0.216. The van der Waals surface area contributed by atoms with Gasteiger partial charge in [0.2, 0.25) is 5.91 Å². The van der Waals surface area contributed by atoms with Crippen LogP contribution < -0.4 is 10.6 Å². The molecule has 0 unspecified atom stereocenters. The molecule has 0 radical (unpaired) electrons. The van der Waals surface area contributed by atoms with Crippen LogP contribution in [0.5, 0.6) is 0 Å². The van der Waals surface area contributed by atoms with Gasteiger partial charge in [-0.1, -0.05) is 61.4 Å². The van der Waals surface area contributed by atoms with Gasteiger partial charge in [-0.3, -0.25) is 9.59 Å². The Morgan fingerprint density at radius 2 is 1.50 bits per heavy atom. The molecule has 0 atom stereocenters. The van der Waals surface area contributed by atoms with E-state index in [1.807, 2.05) is 74.7 Å². The molecule has 0 aliphatic carbocycles. The van der Waals surface area contributed by atoms with Crippen LogP contribution in [0, 0.1) is 0 Å². The van der Waals surface area contributed by atoms with E-state index in [0.29, 0.717) is 12.8 Å². The number of amides is 1. The SMILES string of the molecule is C/C=C/c1ccc(C(=O)CCCCCCC(=O)Nc2ccccc2NC)cc1. The molecule has 0 saturated carbocycles. The van der Waals surface area contributed by atoms with Gasteiger partial charge in [-0.15, -0.1) is 0 Å². The average Bonchev–Trinajstić information content (AvgIpc) is 2.71. The molecule has 148 valence electrons. The zero-order valence-electron chi connectivity index (χ0n) is 16.8. The lowest BCUT2D eigenvalue weighted by Gasteiger charge is -2.10. The zero-order valence-corrected chi connectivity index (χ0v) is 16.8. The largest absolute Gasteiger partial charge is 0.386 e. The number of carbonyl (C=O) groups is 2. The lowest BCUT2D eigenvalue weighted by atomic mass is 10.0. The van der Waals surface area contributed by atoms with Crippen molar-refractivity contribution >= 4 is 29.1 Å². The van der Waals surface area contributed by atoms with Gasteiger partial charge in [-0.2, -0.15) is 0 Å². The third kappa shape index (κ3) is 7.03. The van der Waals surface area contributed by atoms with Crippen LogP contribution in [-0.4, -0.2) is 18.7 Å². The van der Waals surface area contributed by atoms with Gasteiger partial charge in [0.15, 0.2) is 5.78 Å². The minimum atomic E-state index is 0.0278. The molecule has 0 fully saturated rings. The Bertz CT molecular complexity index is 795. The summed E-state index contributed by atoms with van der Waals surface area (Å²) >= 11 is 0. The van der Waals surface area contributed by atoms with Crippen LogP contribution in [0.15, 0.2) is 54.6 Å². The number of rotatable bonds is 11. The maximum Gasteiger partial charge on any atom is 0.224 e. The van der Waals surface area contributed by atoms with Gasteiger partial charge < -0.3 is 10.6 Å². The minimum absolute atomic E-state index is 0.0278. The highest BCUT2D eigenvalue weighted by Crippen LogP contribution is 2.20. The normalized spacial score (nSPS) is 10.8. The van der Waals surface area contributed by atoms with E-state index in [4.69, 9.17) is 0 Å². The van der Waals surface area contributed by atoms with E-state index in [-0.39, 0.29) is 11.7 Å². The Hall–Kier alpha value is -2.88. The fraction of sp³-hybridized carbons (Fsp3) is 0.333. The Balaban J connectivity index is 1.62. The first kappa shape index (κ1) is 21.4. The number of allylic oxidation sites excluding steroid dienone is 1. The fourth-order valence-corrected chi connectivity index (χ4v) is 3.06. The predicted octanol–water partition coefficient (Wildman–Crippen LogP) is 5.92. The lowest BCUT2D eigenvalue weighted by molar-refractivity contribution is -0.116. The molecule has 4 heteroatoms. The summed E-state index contributed by atoms with van der Waals surface area (Å²) in [5, 5.41) is 6.01. The van der Waals surface area contributed by atoms with Gasteiger partial charge in [-0.25, -0.2) is 0 Å². The molecule has 0 aliphatic heterocycles. The number of ketones is 1. The molecular weight excluding hydrogens is 348 g/mol. The zero-order chi connectivity index (χ0) is 20.2. The minimum Gasteiger partial charge on any atom is -0.386 e. The third-order valence-electron chi connectivity index (χ3n) is 4.62. The van der Waals surface area contributed by atoms with Crippen molar-refractivity contribution in [2.24, 2.45) is 0 Å². The molecule has 0 bridgehead atoms. The molecule has 2 aromatic rings. The van der Waals surface area contributed by atoms with E-state index in [1.165, 1.54) is 0 Å². The Kier molecular flexibility index (Phi) is 8.99. The number of Topliss-reactive ketones (excluding diaryl/α,β-unsaturated/α-hetero) is 1. The number of benzene rings is 2. The molecule has 28 heavy (non-hydrogen) atoms. The lowest BCUT2D eigenvalue weighted by Crippen LogP contribution is -2.12. The first-order valence-corrected chi connectivity index (χ1v) is 9.96. The van der Waals surface area contributed by atoms with Crippen LogP contribution in [0.4, 0.5) is 11.4 Å². The number of anilines is 2. The smallest absolute Gasteiger partial charge is 0.224 e. The van der Waals surface area contributed by atoms with E-state index >= 15 is 0 Å². The number of unbranched alkanes of at least 4 members (excludes halogenated alkanes) is 3. The maximum atomic E-state index is 12.2. The van der Waals surface area contributed by atoms with Crippen LogP contribution in [-0.2, 0) is 4.79 Å². The highest BCUT2D eigenvalue weighted by atomic mass is 16.1. The molecule has 2 N–H and O–H groups in total. The van der Waals surface area contributed by atoms with E-state index in [0.717, 1.165) is 48.2 Å². The summed E-state index contributed by atoms with van der Waals surface area (Å²) in [6, 6.07) is 15.4. The highest BCUT2D eigenvalue weighted by molar-refractivity contribution is 5.96. The van der Waals surface area contributed by atoms with Crippen molar-refractivity contribution in [3.05, 3.63) is 65.7 Å². The van der Waals surface area contributed by atoms with Crippen molar-refractivity contribution in [3.8, 4) is 0 Å². The van der Waals surface area contributed by atoms with Crippen LogP contribution in [0.2, 0.25) is 0 Å². The number of hydrogen-bond acceptors (Lipinski definition) is 3.